The Morgan fingerprint density at radius 3 is 2.75 bits per heavy atom. The molecule has 2 rings (SSSR count). The van der Waals surface area contributed by atoms with E-state index in [-0.39, 0.29) is 22.9 Å². The third kappa shape index (κ3) is 3.49. The quantitative estimate of drug-likeness (QED) is 0.816. The summed E-state index contributed by atoms with van der Waals surface area (Å²) in [6.45, 7) is 0. The van der Waals surface area contributed by atoms with Gasteiger partial charge in [-0.05, 0) is 46.3 Å². The monoisotopic (exact) mass is 356 g/mol. The summed E-state index contributed by atoms with van der Waals surface area (Å²) in [5.74, 6) is -0.855. The van der Waals surface area contributed by atoms with Crippen molar-refractivity contribution < 1.29 is 9.18 Å². The first-order valence-electron chi connectivity index (χ1n) is 5.75. The molecule has 6 heteroatoms. The number of amides is 1. The molecule has 2 aromatic rings. The van der Waals surface area contributed by atoms with Gasteiger partial charge in [0.05, 0.1) is 12.1 Å². The average Bonchev–Trinajstić information content (AvgIpc) is 2.37. The molecule has 3 N–H and O–H groups in total. The van der Waals surface area contributed by atoms with Gasteiger partial charge in [-0.1, -0.05) is 17.7 Å². The van der Waals surface area contributed by atoms with Crippen LogP contribution in [0.5, 0.6) is 0 Å². The fourth-order valence-corrected chi connectivity index (χ4v) is 2.41. The van der Waals surface area contributed by atoms with E-state index in [1.165, 1.54) is 12.1 Å². The summed E-state index contributed by atoms with van der Waals surface area (Å²) in [6.07, 6.45) is -0.137. The Morgan fingerprint density at radius 1 is 1.35 bits per heavy atom. The van der Waals surface area contributed by atoms with Crippen molar-refractivity contribution >= 4 is 44.8 Å². The van der Waals surface area contributed by atoms with E-state index in [1.807, 2.05) is 0 Å². The number of nitrogens with one attached hydrogen (secondary N) is 1. The average molecular weight is 358 g/mol. The van der Waals surface area contributed by atoms with Gasteiger partial charge >= 0.3 is 0 Å². The molecule has 20 heavy (non-hydrogen) atoms. The van der Waals surface area contributed by atoms with Crippen LogP contribution in [0.15, 0.2) is 40.9 Å². The van der Waals surface area contributed by atoms with E-state index in [0.717, 1.165) is 0 Å². The maximum Gasteiger partial charge on any atom is 0.228 e. The number of hydrogen-bond acceptors (Lipinski definition) is 2. The van der Waals surface area contributed by atoms with Gasteiger partial charge in [-0.25, -0.2) is 4.39 Å². The maximum atomic E-state index is 13.6. The molecule has 3 nitrogen and oxygen atoms in total. The molecule has 0 saturated heterocycles. The largest absolute Gasteiger partial charge is 0.399 e. The van der Waals surface area contributed by atoms with Crippen LogP contribution >= 0.6 is 27.5 Å². The first-order valence-corrected chi connectivity index (χ1v) is 6.92. The summed E-state index contributed by atoms with van der Waals surface area (Å²) < 4.78 is 14.2. The Hall–Kier alpha value is -1.59. The predicted octanol–water partition coefficient (Wildman–Crippen LogP) is 4.01. The van der Waals surface area contributed by atoms with Gasteiger partial charge in [0.2, 0.25) is 5.91 Å². The number of halogens is 3. The van der Waals surface area contributed by atoms with Crippen LogP contribution < -0.4 is 11.1 Å². The van der Waals surface area contributed by atoms with E-state index in [0.29, 0.717) is 15.8 Å². The van der Waals surface area contributed by atoms with Crippen LogP contribution in [0.25, 0.3) is 0 Å². The molecule has 0 saturated carbocycles. The van der Waals surface area contributed by atoms with Gasteiger partial charge in [0.25, 0.3) is 0 Å². The van der Waals surface area contributed by atoms with Crippen molar-refractivity contribution in [3.8, 4) is 0 Å². The molecule has 0 aliphatic carbocycles. The fraction of sp³-hybridized carbons (Fsp3) is 0.0714. The van der Waals surface area contributed by atoms with Crippen LogP contribution in [0.3, 0.4) is 0 Å². The molecule has 0 fully saturated rings. The number of benzene rings is 2. The number of carbonyl (C=O) groups excluding carboxylic acids is 1. The zero-order valence-electron chi connectivity index (χ0n) is 10.3. The standard InChI is InChI=1S/C14H11BrClFN2O/c15-10-6-8(18)4-5-13(10)19-14(20)7-9-11(16)2-1-3-12(9)17/h1-6H,7,18H2,(H,19,20). The summed E-state index contributed by atoms with van der Waals surface area (Å²) in [4.78, 5) is 11.9. The molecule has 2 aromatic carbocycles. The topological polar surface area (TPSA) is 55.1 Å². The smallest absolute Gasteiger partial charge is 0.228 e. The Balaban J connectivity index is 2.13. The van der Waals surface area contributed by atoms with Crippen molar-refractivity contribution in [3.05, 3.63) is 57.3 Å². The normalized spacial score (nSPS) is 10.3. The lowest BCUT2D eigenvalue weighted by atomic mass is 10.1. The van der Waals surface area contributed by atoms with E-state index in [2.05, 4.69) is 21.2 Å². The van der Waals surface area contributed by atoms with Gasteiger partial charge < -0.3 is 11.1 Å². The van der Waals surface area contributed by atoms with E-state index in [1.54, 1.807) is 24.3 Å². The SMILES string of the molecule is Nc1ccc(NC(=O)Cc2c(F)cccc2Cl)c(Br)c1. The maximum absolute atomic E-state index is 13.6. The minimum atomic E-state index is -0.496. The van der Waals surface area contributed by atoms with E-state index < -0.39 is 5.82 Å². The Kier molecular flexibility index (Phi) is 4.62. The minimum absolute atomic E-state index is 0.137. The lowest BCUT2D eigenvalue weighted by molar-refractivity contribution is -0.115. The van der Waals surface area contributed by atoms with E-state index in [4.69, 9.17) is 17.3 Å². The predicted molar refractivity (Wildman–Crippen MR) is 82.3 cm³/mol. The van der Waals surface area contributed by atoms with Gasteiger partial charge in [-0.3, -0.25) is 4.79 Å². The van der Waals surface area contributed by atoms with Gasteiger partial charge in [0.15, 0.2) is 0 Å². The van der Waals surface area contributed by atoms with Gasteiger partial charge in [-0.2, -0.15) is 0 Å². The Labute approximate surface area is 129 Å². The molecule has 0 heterocycles. The van der Waals surface area contributed by atoms with Crippen molar-refractivity contribution in [2.45, 2.75) is 6.42 Å². The van der Waals surface area contributed by atoms with Crippen molar-refractivity contribution in [1.29, 1.82) is 0 Å². The number of hydrogen-bond donors (Lipinski definition) is 2. The van der Waals surface area contributed by atoms with E-state index >= 15 is 0 Å². The van der Waals surface area contributed by atoms with Crippen LogP contribution in [0, 0.1) is 5.82 Å². The van der Waals surface area contributed by atoms with Crippen molar-refractivity contribution in [2.75, 3.05) is 11.1 Å². The third-order valence-electron chi connectivity index (χ3n) is 2.67. The highest BCUT2D eigenvalue weighted by molar-refractivity contribution is 9.10. The molecular weight excluding hydrogens is 347 g/mol. The van der Waals surface area contributed by atoms with Crippen LogP contribution in [0.4, 0.5) is 15.8 Å². The van der Waals surface area contributed by atoms with Crippen molar-refractivity contribution in [3.63, 3.8) is 0 Å². The van der Waals surface area contributed by atoms with Gasteiger partial charge in [0, 0.05) is 20.7 Å². The minimum Gasteiger partial charge on any atom is -0.399 e. The second-order valence-electron chi connectivity index (χ2n) is 4.16. The highest BCUT2D eigenvalue weighted by Crippen LogP contribution is 2.25. The Bertz CT molecular complexity index is 643. The molecule has 104 valence electrons. The molecule has 0 aliphatic heterocycles. The molecule has 0 radical (unpaired) electrons. The highest BCUT2D eigenvalue weighted by Gasteiger charge is 2.13. The molecule has 1 amide bonds. The molecule has 0 unspecified atom stereocenters. The summed E-state index contributed by atoms with van der Waals surface area (Å²) in [5, 5.41) is 2.91. The molecule has 0 aromatic heterocycles. The lowest BCUT2D eigenvalue weighted by Gasteiger charge is -2.09. The zero-order chi connectivity index (χ0) is 14.7. The summed E-state index contributed by atoms with van der Waals surface area (Å²) in [7, 11) is 0. The molecule has 0 atom stereocenters. The van der Waals surface area contributed by atoms with Crippen LogP contribution in [-0.2, 0) is 11.2 Å². The molecular formula is C14H11BrClFN2O. The highest BCUT2D eigenvalue weighted by atomic mass is 79.9. The Morgan fingerprint density at radius 2 is 2.10 bits per heavy atom. The second kappa shape index (κ2) is 6.24. The van der Waals surface area contributed by atoms with Crippen LogP contribution in [0.1, 0.15) is 5.56 Å². The van der Waals surface area contributed by atoms with E-state index in [9.17, 15) is 9.18 Å². The summed E-state index contributed by atoms with van der Waals surface area (Å²) in [5.41, 5.74) is 6.93. The van der Waals surface area contributed by atoms with Gasteiger partial charge in [-0.15, -0.1) is 0 Å². The number of nitrogens with two attached hydrogens (primary N) is 1. The summed E-state index contributed by atoms with van der Waals surface area (Å²) >= 11 is 9.18. The number of carbonyl (C=O) groups is 1. The molecule has 0 spiro atoms. The number of rotatable bonds is 3. The van der Waals surface area contributed by atoms with Crippen molar-refractivity contribution in [1.82, 2.24) is 0 Å². The lowest BCUT2D eigenvalue weighted by Crippen LogP contribution is -2.16. The molecule has 0 bridgehead atoms. The number of anilines is 2. The first-order chi connectivity index (χ1) is 9.47. The van der Waals surface area contributed by atoms with Crippen molar-refractivity contribution in [2.24, 2.45) is 0 Å². The van der Waals surface area contributed by atoms with Crippen LogP contribution in [-0.4, -0.2) is 5.91 Å². The first kappa shape index (κ1) is 14.8. The fourth-order valence-electron chi connectivity index (χ4n) is 1.69. The van der Waals surface area contributed by atoms with Gasteiger partial charge in [0.1, 0.15) is 5.82 Å². The number of nitrogen functional groups attached to an aromatic ring is 1. The zero-order valence-corrected chi connectivity index (χ0v) is 12.6. The second-order valence-corrected chi connectivity index (χ2v) is 5.43. The van der Waals surface area contributed by atoms with Crippen LogP contribution in [0.2, 0.25) is 5.02 Å². The molecule has 0 aliphatic rings. The third-order valence-corrected chi connectivity index (χ3v) is 3.68. The summed E-state index contributed by atoms with van der Waals surface area (Å²) in [6, 6.07) is 9.32.